The molecular weight excluding hydrogens is 286 g/mol. The fourth-order valence-corrected chi connectivity index (χ4v) is 3.63. The minimum Gasteiger partial charge on any atom is -0.398 e. The lowest BCUT2D eigenvalue weighted by Gasteiger charge is -2.21. The van der Waals surface area contributed by atoms with Crippen LogP contribution in [0.1, 0.15) is 18.3 Å². The van der Waals surface area contributed by atoms with Crippen molar-refractivity contribution in [3.63, 3.8) is 0 Å². The van der Waals surface area contributed by atoms with E-state index in [2.05, 4.69) is 4.98 Å². The van der Waals surface area contributed by atoms with Crippen molar-refractivity contribution in [1.29, 1.82) is 0 Å². The van der Waals surface area contributed by atoms with Crippen LogP contribution < -0.4 is 5.73 Å². The number of benzene rings is 1. The third-order valence-corrected chi connectivity index (χ3v) is 5.17. The number of aromatic nitrogens is 1. The maximum atomic E-state index is 12.7. The van der Waals surface area contributed by atoms with Crippen LogP contribution in [0, 0.1) is 6.92 Å². The second-order valence-corrected chi connectivity index (χ2v) is 6.65. The van der Waals surface area contributed by atoms with Gasteiger partial charge in [0.15, 0.2) is 0 Å². The monoisotopic (exact) mass is 305 g/mol. The van der Waals surface area contributed by atoms with E-state index in [0.717, 1.165) is 11.4 Å². The first kappa shape index (κ1) is 15.5. The molecule has 1 aromatic heterocycles. The Bertz CT molecular complexity index is 729. The third-order valence-electron chi connectivity index (χ3n) is 3.17. The number of rotatable bonds is 5. The fraction of sp³-hybridized carbons (Fsp3) is 0.267. The third kappa shape index (κ3) is 3.40. The normalized spacial score (nSPS) is 11.8. The molecule has 0 fully saturated rings. The topological polar surface area (TPSA) is 76.3 Å². The molecule has 112 valence electrons. The van der Waals surface area contributed by atoms with Crippen molar-refractivity contribution in [2.45, 2.75) is 25.3 Å². The molecule has 5 nitrogen and oxygen atoms in total. The summed E-state index contributed by atoms with van der Waals surface area (Å²) >= 11 is 0. The lowest BCUT2D eigenvalue weighted by molar-refractivity contribution is 0.419. The Balaban J connectivity index is 2.35. The maximum absolute atomic E-state index is 12.7. The Kier molecular flexibility index (Phi) is 4.59. The first-order chi connectivity index (χ1) is 9.95. The van der Waals surface area contributed by atoms with E-state index < -0.39 is 10.0 Å². The number of anilines is 1. The zero-order valence-corrected chi connectivity index (χ0v) is 13.0. The fourth-order valence-electron chi connectivity index (χ4n) is 2.09. The molecule has 0 saturated heterocycles. The number of aryl methyl sites for hydroxylation is 1. The Hall–Kier alpha value is -1.92. The van der Waals surface area contributed by atoms with E-state index in [-0.39, 0.29) is 17.1 Å². The molecule has 2 rings (SSSR count). The molecule has 6 heteroatoms. The van der Waals surface area contributed by atoms with E-state index in [9.17, 15) is 8.42 Å². The minimum atomic E-state index is -3.62. The van der Waals surface area contributed by atoms with E-state index in [1.807, 2.05) is 25.1 Å². The molecule has 0 atom stereocenters. The quantitative estimate of drug-likeness (QED) is 0.859. The zero-order valence-electron chi connectivity index (χ0n) is 12.2. The van der Waals surface area contributed by atoms with Gasteiger partial charge < -0.3 is 5.73 Å². The molecule has 0 unspecified atom stereocenters. The van der Waals surface area contributed by atoms with E-state index >= 15 is 0 Å². The van der Waals surface area contributed by atoms with Gasteiger partial charge in [0.05, 0.1) is 17.9 Å². The van der Waals surface area contributed by atoms with Gasteiger partial charge in [-0.1, -0.05) is 25.1 Å². The summed E-state index contributed by atoms with van der Waals surface area (Å²) in [6.45, 7) is 4.26. The molecule has 0 aliphatic carbocycles. The number of para-hydroxylation sites is 1. The Morgan fingerprint density at radius 2 is 1.86 bits per heavy atom. The number of hydrogen-bond donors (Lipinski definition) is 1. The molecule has 1 heterocycles. The van der Waals surface area contributed by atoms with Crippen molar-refractivity contribution in [3.05, 3.63) is 53.9 Å². The standard InChI is InChI=1S/C15H19N3O2S/c1-3-18(11-13-8-6-7-12(2)17-13)21(19,20)15-10-5-4-9-14(15)16/h4-10H,3,11,16H2,1-2H3. The largest absolute Gasteiger partial charge is 0.398 e. The number of pyridine rings is 1. The molecule has 2 N–H and O–H groups in total. The average Bonchev–Trinajstić information content (AvgIpc) is 2.45. The van der Waals surface area contributed by atoms with Crippen LogP contribution in [-0.4, -0.2) is 24.3 Å². The van der Waals surface area contributed by atoms with Gasteiger partial charge in [-0.2, -0.15) is 4.31 Å². The Morgan fingerprint density at radius 3 is 2.48 bits per heavy atom. The molecule has 0 bridgehead atoms. The summed E-state index contributed by atoms with van der Waals surface area (Å²) in [6.07, 6.45) is 0. The van der Waals surface area contributed by atoms with Gasteiger partial charge in [-0.25, -0.2) is 8.42 Å². The number of hydrogen-bond acceptors (Lipinski definition) is 4. The van der Waals surface area contributed by atoms with Crippen LogP contribution >= 0.6 is 0 Å². The SMILES string of the molecule is CCN(Cc1cccc(C)n1)S(=O)(=O)c1ccccc1N. The first-order valence-electron chi connectivity index (χ1n) is 6.72. The van der Waals surface area contributed by atoms with Crippen LogP contribution in [0.4, 0.5) is 5.69 Å². The van der Waals surface area contributed by atoms with Crippen LogP contribution in [0.5, 0.6) is 0 Å². The van der Waals surface area contributed by atoms with Gasteiger partial charge in [-0.15, -0.1) is 0 Å². The van der Waals surface area contributed by atoms with E-state index in [0.29, 0.717) is 6.54 Å². The number of sulfonamides is 1. The van der Waals surface area contributed by atoms with Crippen molar-refractivity contribution in [3.8, 4) is 0 Å². The van der Waals surface area contributed by atoms with Crippen LogP contribution in [0.3, 0.4) is 0 Å². The van der Waals surface area contributed by atoms with Crippen molar-refractivity contribution >= 4 is 15.7 Å². The molecule has 2 aromatic rings. The Labute approximate surface area is 125 Å². The van der Waals surface area contributed by atoms with Crippen molar-refractivity contribution in [2.24, 2.45) is 0 Å². The van der Waals surface area contributed by atoms with Crippen molar-refractivity contribution in [1.82, 2.24) is 9.29 Å². The van der Waals surface area contributed by atoms with Gasteiger partial charge in [-0.3, -0.25) is 4.98 Å². The van der Waals surface area contributed by atoms with Crippen LogP contribution in [-0.2, 0) is 16.6 Å². The van der Waals surface area contributed by atoms with E-state index in [1.54, 1.807) is 25.1 Å². The van der Waals surface area contributed by atoms with Gasteiger partial charge in [0.25, 0.3) is 0 Å². The average molecular weight is 305 g/mol. The molecule has 0 aliphatic rings. The number of nitrogens with zero attached hydrogens (tertiary/aromatic N) is 2. The van der Waals surface area contributed by atoms with Gasteiger partial charge in [0.1, 0.15) is 4.90 Å². The predicted octanol–water partition coefficient (Wildman–Crippen LogP) is 2.18. The van der Waals surface area contributed by atoms with Crippen molar-refractivity contribution < 1.29 is 8.42 Å². The summed E-state index contributed by atoms with van der Waals surface area (Å²) in [5.41, 5.74) is 7.63. The van der Waals surface area contributed by atoms with Gasteiger partial charge in [-0.05, 0) is 31.2 Å². The first-order valence-corrected chi connectivity index (χ1v) is 8.16. The van der Waals surface area contributed by atoms with Crippen LogP contribution in [0.2, 0.25) is 0 Å². The van der Waals surface area contributed by atoms with Gasteiger partial charge in [0.2, 0.25) is 10.0 Å². The van der Waals surface area contributed by atoms with E-state index in [1.165, 1.54) is 10.4 Å². The molecule has 21 heavy (non-hydrogen) atoms. The van der Waals surface area contributed by atoms with Crippen molar-refractivity contribution in [2.75, 3.05) is 12.3 Å². The molecule has 0 saturated carbocycles. The molecule has 0 aliphatic heterocycles. The highest BCUT2D eigenvalue weighted by atomic mass is 32.2. The molecule has 0 spiro atoms. The number of nitrogens with two attached hydrogens (primary N) is 1. The van der Waals surface area contributed by atoms with Crippen LogP contribution in [0.25, 0.3) is 0 Å². The predicted molar refractivity (Wildman–Crippen MR) is 83.1 cm³/mol. The molecule has 0 amide bonds. The van der Waals surface area contributed by atoms with Crippen LogP contribution in [0.15, 0.2) is 47.4 Å². The summed E-state index contributed by atoms with van der Waals surface area (Å²) in [6, 6.07) is 12.1. The summed E-state index contributed by atoms with van der Waals surface area (Å²) in [4.78, 5) is 4.49. The zero-order chi connectivity index (χ0) is 15.5. The molecule has 0 radical (unpaired) electrons. The summed E-state index contributed by atoms with van der Waals surface area (Å²) in [5.74, 6) is 0. The maximum Gasteiger partial charge on any atom is 0.245 e. The minimum absolute atomic E-state index is 0.138. The second kappa shape index (κ2) is 6.24. The van der Waals surface area contributed by atoms with E-state index in [4.69, 9.17) is 5.73 Å². The number of nitrogen functional groups attached to an aromatic ring is 1. The highest BCUT2D eigenvalue weighted by Crippen LogP contribution is 2.23. The summed E-state index contributed by atoms with van der Waals surface area (Å²) < 4.78 is 26.8. The Morgan fingerprint density at radius 1 is 1.14 bits per heavy atom. The smallest absolute Gasteiger partial charge is 0.245 e. The van der Waals surface area contributed by atoms with Gasteiger partial charge in [0, 0.05) is 12.2 Å². The summed E-state index contributed by atoms with van der Waals surface area (Å²) in [7, 11) is -3.62. The van der Waals surface area contributed by atoms with Gasteiger partial charge >= 0.3 is 0 Å². The molecular formula is C15H19N3O2S. The highest BCUT2D eigenvalue weighted by Gasteiger charge is 2.25. The molecule has 1 aromatic carbocycles. The lowest BCUT2D eigenvalue weighted by Crippen LogP contribution is -2.31. The highest BCUT2D eigenvalue weighted by molar-refractivity contribution is 7.89. The second-order valence-electron chi connectivity index (χ2n) is 4.74. The summed E-state index contributed by atoms with van der Waals surface area (Å²) in [5, 5.41) is 0. The lowest BCUT2D eigenvalue weighted by atomic mass is 10.3.